The molecule has 1 saturated heterocycles. The van der Waals surface area contributed by atoms with Gasteiger partial charge < -0.3 is 10.2 Å². The number of hydrogen-bond acceptors (Lipinski definition) is 6. The monoisotopic (exact) mass is 365 g/mol. The van der Waals surface area contributed by atoms with E-state index in [1.807, 2.05) is 23.9 Å². The summed E-state index contributed by atoms with van der Waals surface area (Å²) in [6, 6.07) is 6.00. The lowest BCUT2D eigenvalue weighted by Crippen LogP contribution is -2.32. The van der Waals surface area contributed by atoms with Crippen LogP contribution in [0, 0.1) is 6.92 Å². The number of anilines is 2. The number of aromatic amines is 2. The number of carbonyl (C=O) groups is 1. The van der Waals surface area contributed by atoms with Crippen molar-refractivity contribution in [2.24, 2.45) is 0 Å². The topological polar surface area (TPSA) is 93.9 Å². The molecule has 9 heteroatoms. The van der Waals surface area contributed by atoms with E-state index in [0.29, 0.717) is 5.16 Å². The van der Waals surface area contributed by atoms with E-state index in [9.17, 15) is 9.59 Å². The number of aromatic nitrogens is 3. The highest BCUT2D eigenvalue weighted by atomic mass is 32.2. The first-order valence-corrected chi connectivity index (χ1v) is 9.76. The molecule has 2 heterocycles. The lowest BCUT2D eigenvalue weighted by atomic mass is 10.1. The molecule has 0 saturated carbocycles. The molecule has 1 fully saturated rings. The molecular formula is C15H19N5O2S2. The Labute approximate surface area is 148 Å². The van der Waals surface area contributed by atoms with Gasteiger partial charge in [-0.1, -0.05) is 11.8 Å². The zero-order valence-corrected chi connectivity index (χ0v) is 14.9. The Bertz CT molecular complexity index is 767. The first-order chi connectivity index (χ1) is 11.6. The fourth-order valence-corrected chi connectivity index (χ4v) is 4.06. The predicted octanol–water partition coefficient (Wildman–Crippen LogP) is 1.69. The molecular weight excluding hydrogens is 346 g/mol. The van der Waals surface area contributed by atoms with Gasteiger partial charge in [0.1, 0.15) is 0 Å². The lowest BCUT2D eigenvalue weighted by Gasteiger charge is -2.30. The van der Waals surface area contributed by atoms with Crippen LogP contribution in [0.1, 0.15) is 5.56 Å². The number of amides is 1. The Hall–Kier alpha value is -1.87. The summed E-state index contributed by atoms with van der Waals surface area (Å²) in [6.07, 6.45) is 0. The summed E-state index contributed by atoms with van der Waals surface area (Å²) in [5.41, 5.74) is 2.80. The minimum absolute atomic E-state index is 0.134. The van der Waals surface area contributed by atoms with Crippen LogP contribution in [-0.2, 0) is 4.79 Å². The van der Waals surface area contributed by atoms with Crippen molar-refractivity contribution >= 4 is 40.8 Å². The highest BCUT2D eigenvalue weighted by Gasteiger charge is 2.14. The van der Waals surface area contributed by atoms with Crippen LogP contribution in [0.25, 0.3) is 0 Å². The van der Waals surface area contributed by atoms with Crippen molar-refractivity contribution in [3.05, 3.63) is 34.2 Å². The highest BCUT2D eigenvalue weighted by molar-refractivity contribution is 7.99. The van der Waals surface area contributed by atoms with Crippen LogP contribution < -0.4 is 15.9 Å². The van der Waals surface area contributed by atoms with Crippen molar-refractivity contribution in [2.75, 3.05) is 40.6 Å². The Balaban J connectivity index is 1.57. The molecule has 0 radical (unpaired) electrons. The third-order valence-corrected chi connectivity index (χ3v) is 5.47. The second-order valence-corrected chi connectivity index (χ2v) is 7.61. The van der Waals surface area contributed by atoms with Gasteiger partial charge in [-0.3, -0.25) is 9.78 Å². The van der Waals surface area contributed by atoms with E-state index in [2.05, 4.69) is 38.4 Å². The SMILES string of the molecule is Cc1cc(NC(=O)CSc2n[nH]c(=O)[nH]2)ccc1N1CCSCC1. The second-order valence-electron chi connectivity index (χ2n) is 5.42. The van der Waals surface area contributed by atoms with Gasteiger partial charge in [0.05, 0.1) is 5.75 Å². The number of hydrogen-bond donors (Lipinski definition) is 3. The van der Waals surface area contributed by atoms with Gasteiger partial charge in [-0.2, -0.15) is 11.8 Å². The molecule has 0 unspecified atom stereocenters. The van der Waals surface area contributed by atoms with Gasteiger partial charge in [-0.05, 0) is 30.7 Å². The zero-order valence-electron chi connectivity index (χ0n) is 13.3. The number of H-pyrrole nitrogens is 2. The molecule has 0 spiro atoms. The summed E-state index contributed by atoms with van der Waals surface area (Å²) < 4.78 is 0. The Morgan fingerprint density at radius 2 is 2.21 bits per heavy atom. The maximum absolute atomic E-state index is 12.0. The number of benzene rings is 1. The van der Waals surface area contributed by atoms with E-state index in [1.165, 1.54) is 17.4 Å². The summed E-state index contributed by atoms with van der Waals surface area (Å²) in [4.78, 5) is 27.8. The maximum atomic E-state index is 12.0. The fraction of sp³-hybridized carbons (Fsp3) is 0.400. The molecule has 3 rings (SSSR count). The molecule has 2 aromatic rings. The van der Waals surface area contributed by atoms with Crippen LogP contribution in [0.2, 0.25) is 0 Å². The normalized spacial score (nSPS) is 14.6. The van der Waals surface area contributed by atoms with Gasteiger partial charge in [0.25, 0.3) is 0 Å². The van der Waals surface area contributed by atoms with Crippen molar-refractivity contribution in [3.8, 4) is 0 Å². The number of carbonyl (C=O) groups excluding carboxylic acids is 1. The zero-order chi connectivity index (χ0) is 16.9. The Kier molecular flexibility index (Phi) is 5.52. The van der Waals surface area contributed by atoms with Crippen LogP contribution in [-0.4, -0.2) is 51.4 Å². The minimum atomic E-state index is -0.375. The number of nitrogens with zero attached hydrogens (tertiary/aromatic N) is 2. The Morgan fingerprint density at radius 3 is 2.88 bits per heavy atom. The summed E-state index contributed by atoms with van der Waals surface area (Å²) >= 11 is 3.16. The molecule has 1 amide bonds. The smallest absolute Gasteiger partial charge is 0.341 e. The second kappa shape index (κ2) is 7.80. The van der Waals surface area contributed by atoms with Crippen LogP contribution in [0.15, 0.2) is 28.2 Å². The average Bonchev–Trinajstić information content (AvgIpc) is 2.99. The molecule has 128 valence electrons. The van der Waals surface area contributed by atoms with E-state index in [1.54, 1.807) is 0 Å². The van der Waals surface area contributed by atoms with Gasteiger partial charge in [-0.25, -0.2) is 9.89 Å². The molecule has 7 nitrogen and oxygen atoms in total. The van der Waals surface area contributed by atoms with Crippen LogP contribution in [0.3, 0.4) is 0 Å². The maximum Gasteiger partial charge on any atom is 0.341 e. The van der Waals surface area contributed by atoms with Gasteiger partial charge in [0, 0.05) is 36.0 Å². The van der Waals surface area contributed by atoms with Crippen molar-refractivity contribution in [3.63, 3.8) is 0 Å². The molecule has 0 atom stereocenters. The van der Waals surface area contributed by atoms with E-state index in [4.69, 9.17) is 0 Å². The number of thioether (sulfide) groups is 2. The third-order valence-electron chi connectivity index (χ3n) is 3.65. The minimum Gasteiger partial charge on any atom is -0.370 e. The highest BCUT2D eigenvalue weighted by Crippen LogP contribution is 2.26. The molecule has 1 aliphatic heterocycles. The first kappa shape index (κ1) is 17.0. The summed E-state index contributed by atoms with van der Waals surface area (Å²) in [6.45, 7) is 4.20. The van der Waals surface area contributed by atoms with Gasteiger partial charge >= 0.3 is 5.69 Å². The average molecular weight is 365 g/mol. The molecule has 0 bridgehead atoms. The summed E-state index contributed by atoms with van der Waals surface area (Å²) in [7, 11) is 0. The number of rotatable bonds is 5. The van der Waals surface area contributed by atoms with E-state index >= 15 is 0 Å². The molecule has 0 aliphatic carbocycles. The van der Waals surface area contributed by atoms with Crippen molar-refractivity contribution < 1.29 is 4.79 Å². The van der Waals surface area contributed by atoms with Crippen molar-refractivity contribution in [1.82, 2.24) is 15.2 Å². The van der Waals surface area contributed by atoms with E-state index in [0.717, 1.165) is 35.8 Å². The van der Waals surface area contributed by atoms with Crippen molar-refractivity contribution in [2.45, 2.75) is 12.1 Å². The largest absolute Gasteiger partial charge is 0.370 e. The fourth-order valence-electron chi connectivity index (χ4n) is 2.55. The predicted molar refractivity (Wildman–Crippen MR) is 99.3 cm³/mol. The third kappa shape index (κ3) is 4.35. The molecule has 1 aromatic carbocycles. The van der Waals surface area contributed by atoms with Crippen molar-refractivity contribution in [1.29, 1.82) is 0 Å². The Morgan fingerprint density at radius 1 is 1.42 bits per heavy atom. The van der Waals surface area contributed by atoms with E-state index in [-0.39, 0.29) is 17.3 Å². The summed E-state index contributed by atoms with van der Waals surface area (Å²) in [5.74, 6) is 2.37. The lowest BCUT2D eigenvalue weighted by molar-refractivity contribution is -0.113. The van der Waals surface area contributed by atoms with Gasteiger partial charge in [0.15, 0.2) is 5.16 Å². The quantitative estimate of drug-likeness (QED) is 0.698. The molecule has 1 aliphatic rings. The molecule has 1 aromatic heterocycles. The van der Waals surface area contributed by atoms with Crippen LogP contribution in [0.4, 0.5) is 11.4 Å². The van der Waals surface area contributed by atoms with Crippen LogP contribution in [0.5, 0.6) is 0 Å². The first-order valence-electron chi connectivity index (χ1n) is 7.62. The van der Waals surface area contributed by atoms with Gasteiger partial charge in [-0.15, -0.1) is 5.10 Å². The van der Waals surface area contributed by atoms with E-state index < -0.39 is 0 Å². The number of nitrogens with one attached hydrogen (secondary N) is 3. The standard InChI is InChI=1S/C15H19N5O2S2/c1-10-8-11(2-3-12(10)20-4-6-23-7-5-20)16-13(21)9-24-15-17-14(22)18-19-15/h2-3,8H,4-7,9H2,1H3,(H,16,21)(H2,17,18,19,22). The molecule has 3 N–H and O–H groups in total. The van der Waals surface area contributed by atoms with Crippen LogP contribution >= 0.6 is 23.5 Å². The van der Waals surface area contributed by atoms with Gasteiger partial charge in [0.2, 0.25) is 5.91 Å². The summed E-state index contributed by atoms with van der Waals surface area (Å²) in [5, 5.41) is 9.31. The molecule has 24 heavy (non-hydrogen) atoms. The number of aryl methyl sites for hydroxylation is 1.